The number of rotatable bonds is 13. The van der Waals surface area contributed by atoms with Gasteiger partial charge in [-0.05, 0) is 34.1 Å². The maximum atomic E-state index is 11.6. The monoisotopic (exact) mass is 464 g/mol. The van der Waals surface area contributed by atoms with Gasteiger partial charge in [-0.15, -0.1) is 0 Å². The van der Waals surface area contributed by atoms with Gasteiger partial charge in [0.05, 0.1) is 5.41 Å². The van der Waals surface area contributed by atoms with Crippen molar-refractivity contribution in [1.29, 1.82) is 0 Å². The topological polar surface area (TPSA) is 105 Å². The normalized spacial score (nSPS) is 9.85. The summed E-state index contributed by atoms with van der Waals surface area (Å²) < 4.78 is 20.1. The lowest BCUT2D eigenvalue weighted by Gasteiger charge is -2.31. The fourth-order valence-electron chi connectivity index (χ4n) is 1.71. The Morgan fingerprint density at radius 1 is 0.636 bits per heavy atom. The zero-order valence-corrected chi connectivity index (χ0v) is 20.4. The first-order valence-electron chi connectivity index (χ1n) is 10.1. The van der Waals surface area contributed by atoms with Crippen LogP contribution in [0.4, 0.5) is 0 Å². The highest BCUT2D eigenvalue weighted by Crippen LogP contribution is 2.25. The van der Waals surface area contributed by atoms with Gasteiger partial charge in [-0.2, -0.15) is 0 Å². The summed E-state index contributed by atoms with van der Waals surface area (Å²) in [7, 11) is 0. The van der Waals surface area contributed by atoms with Crippen LogP contribution in [0.1, 0.15) is 41.0 Å². The van der Waals surface area contributed by atoms with Gasteiger partial charge in [0.1, 0.15) is 26.4 Å². The molecule has 0 heterocycles. The number of ether oxygens (including phenoxy) is 4. The highest BCUT2D eigenvalue weighted by Gasteiger charge is 2.34. The van der Waals surface area contributed by atoms with E-state index in [1.807, 2.05) is 6.92 Å². The third-order valence-corrected chi connectivity index (χ3v) is 4.00. The molecule has 0 aliphatic carbocycles. The summed E-state index contributed by atoms with van der Waals surface area (Å²) in [5.74, 6) is -2.06. The van der Waals surface area contributed by atoms with Gasteiger partial charge in [0.25, 0.3) is 0 Å². The van der Waals surface area contributed by atoms with E-state index < -0.39 is 23.3 Å². The van der Waals surface area contributed by atoms with E-state index in [2.05, 4.69) is 37.6 Å². The van der Waals surface area contributed by atoms with Crippen LogP contribution in [0.3, 0.4) is 0 Å². The second-order valence-corrected chi connectivity index (χ2v) is 7.59. The van der Waals surface area contributed by atoms with E-state index in [9.17, 15) is 19.2 Å². The van der Waals surface area contributed by atoms with E-state index in [1.54, 1.807) is 6.92 Å². The second kappa shape index (κ2) is 16.2. The lowest BCUT2D eigenvalue weighted by molar-refractivity contribution is -0.157. The Kier molecular flexibility index (Phi) is 15.6. The molecule has 0 amide bonds. The van der Waals surface area contributed by atoms with Crippen molar-refractivity contribution in [2.45, 2.75) is 41.0 Å². The molecule has 0 saturated carbocycles. The van der Waals surface area contributed by atoms with Crippen molar-refractivity contribution in [3.05, 3.63) is 61.3 Å². The first-order valence-corrected chi connectivity index (χ1v) is 10.1. The predicted molar refractivity (Wildman–Crippen MR) is 126 cm³/mol. The summed E-state index contributed by atoms with van der Waals surface area (Å²) in [6, 6.07) is 0. The van der Waals surface area contributed by atoms with Crippen molar-refractivity contribution < 1.29 is 38.1 Å². The highest BCUT2D eigenvalue weighted by molar-refractivity contribution is 5.88. The Labute approximate surface area is 196 Å². The van der Waals surface area contributed by atoms with Crippen LogP contribution < -0.4 is 0 Å². The molecule has 0 radical (unpaired) electrons. The maximum absolute atomic E-state index is 11.6. The van der Waals surface area contributed by atoms with Crippen LogP contribution in [0.25, 0.3) is 0 Å². The van der Waals surface area contributed by atoms with Gasteiger partial charge in [0.15, 0.2) is 0 Å². The quantitative estimate of drug-likeness (QED) is 0.174. The number of hydrogen-bond acceptors (Lipinski definition) is 8. The van der Waals surface area contributed by atoms with Crippen molar-refractivity contribution in [3.63, 3.8) is 0 Å². The first kappa shape index (κ1) is 31.8. The largest absolute Gasteiger partial charge is 0.461 e. The summed E-state index contributed by atoms with van der Waals surface area (Å²) in [5.41, 5.74) is 0.298. The van der Waals surface area contributed by atoms with Gasteiger partial charge in [-0.25, -0.2) is 19.2 Å². The Balaban J connectivity index is 0. The van der Waals surface area contributed by atoms with Crippen molar-refractivity contribution in [1.82, 2.24) is 0 Å². The van der Waals surface area contributed by atoms with E-state index in [1.165, 1.54) is 26.8 Å². The summed E-state index contributed by atoms with van der Waals surface area (Å²) >= 11 is 0. The van der Waals surface area contributed by atoms with Gasteiger partial charge in [-0.3, -0.25) is 0 Å². The molecule has 0 fully saturated rings. The average molecular weight is 465 g/mol. The molecular formula is C25H36O8. The fraction of sp³-hybridized carbons (Fsp3) is 0.440. The SMILES string of the molecule is C=C(C)C(=O)OCC(CC)(COC(=O)C(=C)C)COC(=O)C(=C)C.C=CCOC(=O)C(=C)C. The zero-order valence-electron chi connectivity index (χ0n) is 20.4. The summed E-state index contributed by atoms with van der Waals surface area (Å²) in [6.07, 6.45) is 1.96. The molecular weight excluding hydrogens is 428 g/mol. The van der Waals surface area contributed by atoms with Crippen molar-refractivity contribution in [3.8, 4) is 0 Å². The average Bonchev–Trinajstić information content (AvgIpc) is 2.76. The molecule has 8 heteroatoms. The Morgan fingerprint density at radius 3 is 1.12 bits per heavy atom. The summed E-state index contributed by atoms with van der Waals surface area (Å²) in [6.45, 7) is 25.3. The standard InChI is InChI=1S/C18H26O6.C7H10O2/c1-8-18(9-22-15(19)12(2)3,10-23-16(20)13(4)5)11-24-17(21)14(6)7;1-4-5-9-7(8)6(2)3/h2,4,6,8-11H2,1,3,5,7H3;4H,1-2,5H2,3H3. The Bertz CT molecular complexity index is 714. The summed E-state index contributed by atoms with van der Waals surface area (Å²) in [5, 5.41) is 0. The number of hydrogen-bond donors (Lipinski definition) is 0. The minimum absolute atomic E-state index is 0.0812. The van der Waals surface area contributed by atoms with Crippen LogP contribution in [-0.4, -0.2) is 50.3 Å². The highest BCUT2D eigenvalue weighted by atomic mass is 16.6. The molecule has 0 saturated heterocycles. The van der Waals surface area contributed by atoms with Gasteiger partial charge in [-0.1, -0.05) is 45.9 Å². The molecule has 0 aromatic heterocycles. The number of carbonyl (C=O) groups excluding carboxylic acids is 4. The molecule has 0 aromatic carbocycles. The van der Waals surface area contributed by atoms with Crippen LogP contribution >= 0.6 is 0 Å². The molecule has 0 unspecified atom stereocenters. The number of carbonyl (C=O) groups is 4. The fourth-order valence-corrected chi connectivity index (χ4v) is 1.71. The smallest absolute Gasteiger partial charge is 0.333 e. The Hall–Kier alpha value is -3.42. The van der Waals surface area contributed by atoms with Gasteiger partial charge in [0.2, 0.25) is 0 Å². The first-order chi connectivity index (χ1) is 15.2. The lowest BCUT2D eigenvalue weighted by atomic mass is 9.88. The van der Waals surface area contributed by atoms with Crippen LogP contribution in [0.5, 0.6) is 0 Å². The van der Waals surface area contributed by atoms with Crippen LogP contribution in [-0.2, 0) is 38.1 Å². The summed E-state index contributed by atoms with van der Waals surface area (Å²) in [4.78, 5) is 45.4. The molecule has 0 bridgehead atoms. The van der Waals surface area contributed by atoms with Crippen molar-refractivity contribution in [2.75, 3.05) is 26.4 Å². The van der Waals surface area contributed by atoms with E-state index in [-0.39, 0.29) is 49.1 Å². The molecule has 0 aliphatic rings. The predicted octanol–water partition coefficient (Wildman–Crippen LogP) is 4.03. The Morgan fingerprint density at radius 2 is 0.909 bits per heavy atom. The van der Waals surface area contributed by atoms with Crippen LogP contribution in [0, 0.1) is 5.41 Å². The maximum Gasteiger partial charge on any atom is 0.333 e. The second-order valence-electron chi connectivity index (χ2n) is 7.59. The zero-order chi connectivity index (χ0) is 26.2. The molecule has 33 heavy (non-hydrogen) atoms. The lowest BCUT2D eigenvalue weighted by Crippen LogP contribution is -2.39. The van der Waals surface area contributed by atoms with Crippen molar-refractivity contribution in [2.24, 2.45) is 5.41 Å². The van der Waals surface area contributed by atoms with E-state index in [0.717, 1.165) is 0 Å². The minimum Gasteiger partial charge on any atom is -0.461 e. The molecule has 0 N–H and O–H groups in total. The van der Waals surface area contributed by atoms with Crippen LogP contribution in [0.2, 0.25) is 0 Å². The van der Waals surface area contributed by atoms with Crippen LogP contribution in [0.15, 0.2) is 61.3 Å². The van der Waals surface area contributed by atoms with E-state index in [0.29, 0.717) is 12.0 Å². The molecule has 184 valence electrons. The van der Waals surface area contributed by atoms with Crippen molar-refractivity contribution >= 4 is 23.9 Å². The molecule has 8 nitrogen and oxygen atoms in total. The van der Waals surface area contributed by atoms with E-state index in [4.69, 9.17) is 14.2 Å². The molecule has 0 aliphatic heterocycles. The van der Waals surface area contributed by atoms with Gasteiger partial charge < -0.3 is 18.9 Å². The molecule has 0 spiro atoms. The molecule has 0 aromatic rings. The van der Waals surface area contributed by atoms with Gasteiger partial charge >= 0.3 is 23.9 Å². The molecule has 0 rings (SSSR count). The molecule has 0 atom stereocenters. The van der Waals surface area contributed by atoms with E-state index >= 15 is 0 Å². The van der Waals surface area contributed by atoms with Gasteiger partial charge in [0, 0.05) is 22.3 Å². The third-order valence-electron chi connectivity index (χ3n) is 4.00. The minimum atomic E-state index is -0.860. The number of esters is 4. The third kappa shape index (κ3) is 14.3.